The number of likely N-dealkylation sites (N-methyl/N-ethyl adjacent to an activating group) is 1. The zero-order chi connectivity index (χ0) is 21.8. The molecule has 0 unspecified atom stereocenters. The van der Waals surface area contributed by atoms with Crippen molar-refractivity contribution < 1.29 is 19.4 Å². The van der Waals surface area contributed by atoms with E-state index < -0.39 is 0 Å². The fraction of sp³-hybridized carbons (Fsp3) is 0.400. The lowest BCUT2D eigenvalue weighted by molar-refractivity contribution is -0.910. The predicted molar refractivity (Wildman–Crippen MR) is 120 cm³/mol. The highest BCUT2D eigenvalue weighted by atomic mass is 16.5. The summed E-state index contributed by atoms with van der Waals surface area (Å²) in [5, 5.41) is 3.30. The van der Waals surface area contributed by atoms with E-state index in [1.54, 1.807) is 13.2 Å². The first kappa shape index (κ1) is 22.1. The molecule has 5 heteroatoms. The molecule has 0 fully saturated rings. The SMILES string of the molecule is COc1ccccc1[C@@H](C[NH2+]Cc1cc(=O)oc2cc(C)c(C(C)C)cc12)[NH+](C)C. The van der Waals surface area contributed by atoms with Gasteiger partial charge in [0.05, 0.1) is 26.8 Å². The highest BCUT2D eigenvalue weighted by Crippen LogP contribution is 2.26. The van der Waals surface area contributed by atoms with Gasteiger partial charge in [-0.3, -0.25) is 0 Å². The highest BCUT2D eigenvalue weighted by molar-refractivity contribution is 5.82. The van der Waals surface area contributed by atoms with E-state index in [1.165, 1.54) is 16.0 Å². The molecule has 0 aliphatic carbocycles. The summed E-state index contributed by atoms with van der Waals surface area (Å²) >= 11 is 0. The predicted octanol–water partition coefficient (Wildman–Crippen LogP) is 2.18. The van der Waals surface area contributed by atoms with Gasteiger partial charge < -0.3 is 19.4 Å². The summed E-state index contributed by atoms with van der Waals surface area (Å²) in [7, 11) is 6.04. The van der Waals surface area contributed by atoms with Gasteiger partial charge in [-0.1, -0.05) is 26.0 Å². The number of benzene rings is 2. The van der Waals surface area contributed by atoms with Crippen molar-refractivity contribution in [1.29, 1.82) is 0 Å². The maximum Gasteiger partial charge on any atom is 0.336 e. The minimum atomic E-state index is -0.290. The van der Waals surface area contributed by atoms with Crippen LogP contribution in [0.1, 0.15) is 48.1 Å². The van der Waals surface area contributed by atoms with Crippen LogP contribution in [0.5, 0.6) is 5.75 Å². The van der Waals surface area contributed by atoms with E-state index in [9.17, 15) is 4.79 Å². The van der Waals surface area contributed by atoms with Crippen LogP contribution < -0.4 is 20.6 Å². The molecular formula is C25H34N2O3+2. The molecule has 3 N–H and O–H groups in total. The van der Waals surface area contributed by atoms with Crippen molar-refractivity contribution in [3.8, 4) is 5.75 Å². The maximum atomic E-state index is 12.1. The second-order valence-corrected chi connectivity index (χ2v) is 8.55. The minimum Gasteiger partial charge on any atom is -0.496 e. The molecule has 0 bridgehead atoms. The first-order valence-corrected chi connectivity index (χ1v) is 10.6. The molecule has 1 atom stereocenters. The molecule has 0 saturated heterocycles. The lowest BCUT2D eigenvalue weighted by Gasteiger charge is -2.22. The lowest BCUT2D eigenvalue weighted by Crippen LogP contribution is -3.09. The van der Waals surface area contributed by atoms with Gasteiger partial charge in [-0.2, -0.15) is 0 Å². The normalized spacial score (nSPS) is 12.7. The molecule has 5 nitrogen and oxygen atoms in total. The van der Waals surface area contributed by atoms with E-state index in [0.717, 1.165) is 35.4 Å². The Morgan fingerprint density at radius 1 is 1.10 bits per heavy atom. The van der Waals surface area contributed by atoms with E-state index in [4.69, 9.17) is 9.15 Å². The summed E-state index contributed by atoms with van der Waals surface area (Å²) in [5.41, 5.74) is 5.06. The van der Waals surface area contributed by atoms with Crippen LogP contribution in [-0.2, 0) is 6.54 Å². The van der Waals surface area contributed by atoms with E-state index in [2.05, 4.69) is 58.4 Å². The van der Waals surface area contributed by atoms with Gasteiger partial charge in [-0.15, -0.1) is 0 Å². The number of methoxy groups -OCH3 is 1. The molecule has 0 amide bonds. The molecule has 0 radical (unpaired) electrons. The third-order valence-electron chi connectivity index (χ3n) is 5.82. The monoisotopic (exact) mass is 410 g/mol. The van der Waals surface area contributed by atoms with Gasteiger partial charge >= 0.3 is 5.63 Å². The Kier molecular flexibility index (Phi) is 6.95. The topological polar surface area (TPSA) is 60.5 Å². The fourth-order valence-electron chi connectivity index (χ4n) is 4.22. The number of rotatable bonds is 8. The summed E-state index contributed by atoms with van der Waals surface area (Å²) in [5.74, 6) is 1.34. The Morgan fingerprint density at radius 3 is 2.50 bits per heavy atom. The molecule has 1 heterocycles. The van der Waals surface area contributed by atoms with Crippen molar-refractivity contribution in [2.24, 2.45) is 0 Å². The lowest BCUT2D eigenvalue weighted by atomic mass is 9.95. The second-order valence-electron chi connectivity index (χ2n) is 8.55. The van der Waals surface area contributed by atoms with Gasteiger partial charge in [0.1, 0.15) is 24.4 Å². The molecule has 2 aromatic carbocycles. The van der Waals surface area contributed by atoms with Crippen LogP contribution in [0.4, 0.5) is 0 Å². The van der Waals surface area contributed by atoms with Gasteiger partial charge in [-0.25, -0.2) is 4.79 Å². The molecule has 0 spiro atoms. The van der Waals surface area contributed by atoms with Crippen molar-refractivity contribution in [2.45, 2.75) is 39.3 Å². The van der Waals surface area contributed by atoms with Crippen molar-refractivity contribution in [3.63, 3.8) is 0 Å². The number of ether oxygens (including phenoxy) is 1. The van der Waals surface area contributed by atoms with Gasteiger partial charge in [0.2, 0.25) is 0 Å². The average Bonchev–Trinajstić information content (AvgIpc) is 2.70. The van der Waals surface area contributed by atoms with Gasteiger partial charge in [-0.05, 0) is 48.2 Å². The molecule has 0 aliphatic heterocycles. The van der Waals surface area contributed by atoms with Gasteiger partial charge in [0.25, 0.3) is 0 Å². The zero-order valence-corrected chi connectivity index (χ0v) is 18.9. The summed E-state index contributed by atoms with van der Waals surface area (Å²) in [6.07, 6.45) is 0. The number of hydrogen-bond donors (Lipinski definition) is 2. The Balaban J connectivity index is 1.87. The van der Waals surface area contributed by atoms with Crippen molar-refractivity contribution in [1.82, 2.24) is 0 Å². The van der Waals surface area contributed by atoms with Crippen LogP contribution in [0.25, 0.3) is 11.0 Å². The first-order chi connectivity index (χ1) is 14.3. The first-order valence-electron chi connectivity index (χ1n) is 10.6. The Hall–Kier alpha value is -2.63. The largest absolute Gasteiger partial charge is 0.496 e. The number of nitrogens with one attached hydrogen (secondary N) is 1. The van der Waals surface area contributed by atoms with Crippen LogP contribution in [0.3, 0.4) is 0 Å². The van der Waals surface area contributed by atoms with Gasteiger partial charge in [0, 0.05) is 17.0 Å². The minimum absolute atomic E-state index is 0.279. The Morgan fingerprint density at radius 2 is 1.83 bits per heavy atom. The Bertz CT molecular complexity index is 1070. The number of nitrogens with two attached hydrogens (primary N) is 1. The van der Waals surface area contributed by atoms with Crippen LogP contribution in [-0.4, -0.2) is 27.7 Å². The fourth-order valence-corrected chi connectivity index (χ4v) is 4.22. The number of para-hydroxylation sites is 1. The standard InChI is InChI=1S/C25H32N2O3/c1-16(2)20-13-21-18(12-25(28)30-24(21)11-17(20)3)14-26-15-22(27(4)5)19-9-7-8-10-23(19)29-6/h7-13,16,22,26H,14-15H2,1-6H3/p+2/t22-/m1/s1. The number of hydrogen-bond acceptors (Lipinski definition) is 3. The summed E-state index contributed by atoms with van der Waals surface area (Å²) in [6, 6.07) is 14.3. The quantitative estimate of drug-likeness (QED) is 0.560. The molecule has 3 aromatic rings. The summed E-state index contributed by atoms with van der Waals surface area (Å²) in [6.45, 7) is 8.06. The van der Waals surface area contributed by atoms with E-state index in [1.807, 2.05) is 18.2 Å². The van der Waals surface area contributed by atoms with Crippen LogP contribution in [0.15, 0.2) is 51.7 Å². The van der Waals surface area contributed by atoms with E-state index >= 15 is 0 Å². The Labute approximate surface area is 178 Å². The third kappa shape index (κ3) is 4.74. The van der Waals surface area contributed by atoms with Crippen LogP contribution >= 0.6 is 0 Å². The molecule has 30 heavy (non-hydrogen) atoms. The molecule has 160 valence electrons. The second kappa shape index (κ2) is 9.45. The van der Waals surface area contributed by atoms with Crippen molar-refractivity contribution in [3.05, 3.63) is 75.1 Å². The molecule has 1 aromatic heterocycles. The van der Waals surface area contributed by atoms with Crippen molar-refractivity contribution in [2.75, 3.05) is 27.7 Å². The number of quaternary nitrogens is 2. The smallest absolute Gasteiger partial charge is 0.336 e. The van der Waals surface area contributed by atoms with Crippen LogP contribution in [0.2, 0.25) is 0 Å². The molecular weight excluding hydrogens is 376 g/mol. The summed E-state index contributed by atoms with van der Waals surface area (Å²) in [4.78, 5) is 13.5. The van der Waals surface area contributed by atoms with E-state index in [0.29, 0.717) is 11.5 Å². The van der Waals surface area contributed by atoms with Gasteiger partial charge in [0.15, 0.2) is 6.04 Å². The maximum absolute atomic E-state index is 12.1. The third-order valence-corrected chi connectivity index (χ3v) is 5.82. The number of aryl methyl sites for hydroxylation is 1. The van der Waals surface area contributed by atoms with Crippen LogP contribution in [0, 0.1) is 6.92 Å². The highest BCUT2D eigenvalue weighted by Gasteiger charge is 2.23. The van der Waals surface area contributed by atoms with Crippen molar-refractivity contribution >= 4 is 11.0 Å². The summed E-state index contributed by atoms with van der Waals surface area (Å²) < 4.78 is 11.1. The van der Waals surface area contributed by atoms with E-state index in [-0.39, 0.29) is 11.7 Å². The molecule has 3 rings (SSSR count). The molecule has 0 saturated carbocycles. The number of fused-ring (bicyclic) bond motifs is 1. The average molecular weight is 411 g/mol. The molecule has 0 aliphatic rings. The zero-order valence-electron chi connectivity index (χ0n) is 18.9.